The van der Waals surface area contributed by atoms with Crippen molar-refractivity contribution < 1.29 is 25.4 Å². The van der Waals surface area contributed by atoms with Crippen LogP contribution in [0, 0.1) is 0 Å². The van der Waals surface area contributed by atoms with Gasteiger partial charge >= 0.3 is 18.9 Å². The van der Waals surface area contributed by atoms with Crippen molar-refractivity contribution >= 4 is 0 Å². The summed E-state index contributed by atoms with van der Waals surface area (Å²) in [5, 5.41) is 9.13. The molecule has 0 spiro atoms. The Morgan fingerprint density at radius 2 is 1.50 bits per heavy atom. The van der Waals surface area contributed by atoms with Crippen molar-refractivity contribution in [2.24, 2.45) is 0 Å². The number of aryl methyl sites for hydroxylation is 1. The molecule has 0 saturated carbocycles. The number of aromatic hydroxyl groups is 1. The van der Waals surface area contributed by atoms with E-state index in [4.69, 9.17) is 5.11 Å². The number of phenolic OH excluding ortho intramolecular Hbond substituents is 1. The molecule has 0 amide bonds. The van der Waals surface area contributed by atoms with Gasteiger partial charge in [-0.3, -0.25) is 0 Å². The Bertz CT molecular complexity index is 261. The number of hydrogen-bond acceptors (Lipinski definition) is 1. The van der Waals surface area contributed by atoms with E-state index in [2.05, 4.69) is 6.92 Å². The third-order valence-corrected chi connectivity index (χ3v) is 2.76. The SMILES string of the molecule is CCCCCCCCc1ccc(O)cc1.[H-].[Li+]. The molecule has 1 aromatic carbocycles. The fourth-order valence-electron chi connectivity index (χ4n) is 1.77. The number of rotatable bonds is 7. The zero-order valence-electron chi connectivity index (χ0n) is 11.7. The molecule has 2 heteroatoms. The minimum Gasteiger partial charge on any atom is -1.00 e. The summed E-state index contributed by atoms with van der Waals surface area (Å²) in [7, 11) is 0. The monoisotopic (exact) mass is 214 g/mol. The smallest absolute Gasteiger partial charge is 1.00 e. The predicted octanol–water partition coefficient (Wildman–Crippen LogP) is 1.41. The summed E-state index contributed by atoms with van der Waals surface area (Å²) >= 11 is 0. The van der Waals surface area contributed by atoms with Crippen molar-refractivity contribution in [2.75, 3.05) is 0 Å². The number of unbranched alkanes of at least 4 members (excludes halogenated alkanes) is 5. The standard InChI is InChI=1S/C14H22O.Li.H/c1-2-3-4-5-6-7-8-13-9-11-14(15)12-10-13;;/h9-12,15H,2-8H2,1H3;;/q;+1;-1. The zero-order valence-corrected chi connectivity index (χ0v) is 10.7. The topological polar surface area (TPSA) is 20.2 Å². The van der Waals surface area contributed by atoms with Gasteiger partial charge in [0.1, 0.15) is 5.75 Å². The van der Waals surface area contributed by atoms with E-state index in [0.717, 1.165) is 6.42 Å². The van der Waals surface area contributed by atoms with Gasteiger partial charge in [-0.1, -0.05) is 51.2 Å². The van der Waals surface area contributed by atoms with Gasteiger partial charge in [0, 0.05) is 0 Å². The third kappa shape index (κ3) is 6.98. The van der Waals surface area contributed by atoms with Crippen LogP contribution >= 0.6 is 0 Å². The molecule has 0 aliphatic rings. The molecule has 0 atom stereocenters. The van der Waals surface area contributed by atoms with Gasteiger partial charge in [-0.25, -0.2) is 0 Å². The summed E-state index contributed by atoms with van der Waals surface area (Å²) in [6.45, 7) is 2.25. The first-order chi connectivity index (χ1) is 7.33. The number of phenols is 1. The molecule has 0 fully saturated rings. The Balaban J connectivity index is 0. The van der Waals surface area contributed by atoms with Crippen molar-refractivity contribution in [3.05, 3.63) is 29.8 Å². The van der Waals surface area contributed by atoms with Gasteiger partial charge < -0.3 is 6.53 Å². The Hall–Kier alpha value is -0.383. The average Bonchev–Trinajstić information content (AvgIpc) is 2.26. The molecule has 0 heterocycles. The second-order valence-corrected chi connectivity index (χ2v) is 4.18. The molecule has 0 aromatic heterocycles. The van der Waals surface area contributed by atoms with Crippen LogP contribution in [0.5, 0.6) is 5.75 Å². The minimum atomic E-state index is 0. The second-order valence-electron chi connectivity index (χ2n) is 4.18. The van der Waals surface area contributed by atoms with Crippen LogP contribution in [0.3, 0.4) is 0 Å². The molecule has 16 heavy (non-hydrogen) atoms. The quantitative estimate of drug-likeness (QED) is 0.537. The van der Waals surface area contributed by atoms with Crippen molar-refractivity contribution in [2.45, 2.75) is 51.9 Å². The van der Waals surface area contributed by atoms with Crippen LogP contribution in [0.25, 0.3) is 0 Å². The summed E-state index contributed by atoms with van der Waals surface area (Å²) in [5.74, 6) is 0.363. The average molecular weight is 214 g/mol. The summed E-state index contributed by atoms with van der Waals surface area (Å²) in [5.41, 5.74) is 1.34. The molecule has 1 nitrogen and oxygen atoms in total. The number of hydrogen-bond donors (Lipinski definition) is 1. The Kier molecular flexibility index (Phi) is 9.58. The van der Waals surface area contributed by atoms with Gasteiger partial charge in [-0.05, 0) is 30.5 Å². The van der Waals surface area contributed by atoms with Crippen LogP contribution in [0.2, 0.25) is 0 Å². The summed E-state index contributed by atoms with van der Waals surface area (Å²) in [4.78, 5) is 0. The van der Waals surface area contributed by atoms with Crippen LogP contribution in [-0.2, 0) is 6.42 Å². The maximum Gasteiger partial charge on any atom is 1.00 e. The van der Waals surface area contributed by atoms with E-state index in [1.54, 1.807) is 12.1 Å². The van der Waals surface area contributed by atoms with E-state index in [1.165, 1.54) is 44.1 Å². The fraction of sp³-hybridized carbons (Fsp3) is 0.571. The van der Waals surface area contributed by atoms with E-state index < -0.39 is 0 Å². The maximum atomic E-state index is 9.13. The Morgan fingerprint density at radius 3 is 2.12 bits per heavy atom. The molecule has 1 N–H and O–H groups in total. The molecule has 0 saturated heterocycles. The molecule has 0 aliphatic carbocycles. The normalized spacial score (nSPS) is 9.81. The molecular weight excluding hydrogens is 191 g/mol. The van der Waals surface area contributed by atoms with Gasteiger partial charge in [0.05, 0.1) is 0 Å². The molecule has 1 rings (SSSR count). The van der Waals surface area contributed by atoms with Crippen LogP contribution in [0.4, 0.5) is 0 Å². The zero-order chi connectivity index (χ0) is 10.9. The molecule has 1 aromatic rings. The Labute approximate surface area is 113 Å². The summed E-state index contributed by atoms with van der Waals surface area (Å²) < 4.78 is 0. The van der Waals surface area contributed by atoms with Crippen molar-refractivity contribution in [3.63, 3.8) is 0 Å². The minimum absolute atomic E-state index is 0. The van der Waals surface area contributed by atoms with Gasteiger partial charge in [0.15, 0.2) is 0 Å². The van der Waals surface area contributed by atoms with Crippen LogP contribution in [0.1, 0.15) is 52.4 Å². The van der Waals surface area contributed by atoms with Crippen molar-refractivity contribution in [3.8, 4) is 5.75 Å². The van der Waals surface area contributed by atoms with Gasteiger partial charge in [0.25, 0.3) is 0 Å². The molecule has 0 unspecified atom stereocenters. The van der Waals surface area contributed by atoms with Gasteiger partial charge in [0.2, 0.25) is 0 Å². The van der Waals surface area contributed by atoms with Crippen LogP contribution in [0.15, 0.2) is 24.3 Å². The summed E-state index contributed by atoms with van der Waals surface area (Å²) in [6, 6.07) is 7.57. The van der Waals surface area contributed by atoms with Gasteiger partial charge in [-0.15, -0.1) is 0 Å². The molecule has 0 bridgehead atoms. The van der Waals surface area contributed by atoms with E-state index in [-0.39, 0.29) is 20.3 Å². The van der Waals surface area contributed by atoms with Crippen LogP contribution < -0.4 is 18.9 Å². The van der Waals surface area contributed by atoms with Crippen LogP contribution in [-0.4, -0.2) is 5.11 Å². The largest absolute Gasteiger partial charge is 1.00 e. The fourth-order valence-corrected chi connectivity index (χ4v) is 1.77. The van der Waals surface area contributed by atoms with E-state index in [1.807, 2.05) is 12.1 Å². The van der Waals surface area contributed by atoms with E-state index >= 15 is 0 Å². The molecule has 0 radical (unpaired) electrons. The Morgan fingerprint density at radius 1 is 0.938 bits per heavy atom. The summed E-state index contributed by atoms with van der Waals surface area (Å²) in [6.07, 6.45) is 9.19. The predicted molar refractivity (Wildman–Crippen MR) is 66.3 cm³/mol. The number of benzene rings is 1. The first-order valence-corrected chi connectivity index (χ1v) is 6.11. The van der Waals surface area contributed by atoms with Gasteiger partial charge in [-0.2, -0.15) is 0 Å². The molecular formula is C14H23LiO. The molecule has 86 valence electrons. The van der Waals surface area contributed by atoms with Crippen molar-refractivity contribution in [1.29, 1.82) is 0 Å². The molecule has 0 aliphatic heterocycles. The first-order valence-electron chi connectivity index (χ1n) is 6.11. The van der Waals surface area contributed by atoms with E-state index in [0.29, 0.717) is 5.75 Å². The maximum absolute atomic E-state index is 9.13. The first kappa shape index (κ1) is 15.6. The second kappa shape index (κ2) is 9.82. The van der Waals surface area contributed by atoms with Crippen molar-refractivity contribution in [1.82, 2.24) is 0 Å². The third-order valence-electron chi connectivity index (χ3n) is 2.76. The van der Waals surface area contributed by atoms with E-state index in [9.17, 15) is 0 Å².